The number of benzene rings is 1. The van der Waals surface area contributed by atoms with E-state index in [1.54, 1.807) is 0 Å². The predicted molar refractivity (Wildman–Crippen MR) is 92.3 cm³/mol. The summed E-state index contributed by atoms with van der Waals surface area (Å²) in [6, 6.07) is 8.64. The second-order valence-corrected chi connectivity index (χ2v) is 8.23. The minimum atomic E-state index is -0.202. The monoisotopic (exact) mass is 312 g/mol. The Morgan fingerprint density at radius 2 is 1.83 bits per heavy atom. The Balaban J connectivity index is 1.45. The summed E-state index contributed by atoms with van der Waals surface area (Å²) in [6.07, 6.45) is 6.59. The van der Waals surface area contributed by atoms with Gasteiger partial charge in [-0.25, -0.2) is 0 Å². The highest BCUT2D eigenvalue weighted by Gasteiger charge is 2.43. The van der Waals surface area contributed by atoms with E-state index in [1.807, 2.05) is 0 Å². The molecule has 1 amide bonds. The summed E-state index contributed by atoms with van der Waals surface area (Å²) in [5.74, 6) is 0.396. The zero-order valence-electron chi connectivity index (χ0n) is 14.2. The fourth-order valence-electron chi connectivity index (χ4n) is 4.86. The lowest BCUT2D eigenvalue weighted by Crippen LogP contribution is -2.50. The Labute approximate surface area is 139 Å². The number of carbonyl (C=O) groups excluding carboxylic acids is 1. The summed E-state index contributed by atoms with van der Waals surface area (Å²) in [5.41, 5.74) is 3.10. The molecule has 4 rings (SSSR count). The van der Waals surface area contributed by atoms with Crippen molar-refractivity contribution in [2.24, 2.45) is 10.8 Å². The van der Waals surface area contributed by atoms with E-state index in [9.17, 15) is 4.79 Å². The Bertz CT molecular complexity index is 595. The van der Waals surface area contributed by atoms with Gasteiger partial charge in [-0.2, -0.15) is 0 Å². The smallest absolute Gasteiger partial charge is 0.228 e. The molecule has 1 aromatic rings. The number of rotatable bonds is 1. The molecule has 0 radical (unpaired) electrons. The second-order valence-electron chi connectivity index (χ2n) is 8.23. The van der Waals surface area contributed by atoms with Crippen LogP contribution in [-0.4, -0.2) is 37.0 Å². The number of nitrogens with one attached hydrogen (secondary N) is 1. The van der Waals surface area contributed by atoms with Crippen LogP contribution in [0.15, 0.2) is 24.3 Å². The molecule has 0 bridgehead atoms. The maximum Gasteiger partial charge on any atom is 0.228 e. The van der Waals surface area contributed by atoms with E-state index in [4.69, 9.17) is 0 Å². The minimum absolute atomic E-state index is 0.202. The van der Waals surface area contributed by atoms with Crippen LogP contribution in [0, 0.1) is 10.8 Å². The molecule has 124 valence electrons. The van der Waals surface area contributed by atoms with Crippen LogP contribution < -0.4 is 5.32 Å². The molecule has 1 atom stereocenters. The molecular weight excluding hydrogens is 284 g/mol. The van der Waals surface area contributed by atoms with Gasteiger partial charge in [0.1, 0.15) is 0 Å². The molecule has 23 heavy (non-hydrogen) atoms. The second kappa shape index (κ2) is 5.62. The van der Waals surface area contributed by atoms with Crippen LogP contribution in [0.25, 0.3) is 0 Å². The van der Waals surface area contributed by atoms with Crippen LogP contribution in [-0.2, 0) is 17.6 Å². The van der Waals surface area contributed by atoms with E-state index >= 15 is 0 Å². The third kappa shape index (κ3) is 2.69. The predicted octanol–water partition coefficient (Wildman–Crippen LogP) is 2.78. The summed E-state index contributed by atoms with van der Waals surface area (Å²) in [4.78, 5) is 15.4. The van der Waals surface area contributed by atoms with Gasteiger partial charge in [-0.05, 0) is 61.6 Å². The first-order valence-corrected chi connectivity index (χ1v) is 9.17. The molecule has 0 aromatic heterocycles. The van der Waals surface area contributed by atoms with E-state index in [-0.39, 0.29) is 5.41 Å². The molecule has 0 saturated carbocycles. The maximum absolute atomic E-state index is 13.2. The highest BCUT2D eigenvalue weighted by Crippen LogP contribution is 2.41. The molecule has 1 unspecified atom stereocenters. The summed E-state index contributed by atoms with van der Waals surface area (Å²) in [6.45, 7) is 6.41. The van der Waals surface area contributed by atoms with E-state index < -0.39 is 0 Å². The highest BCUT2D eigenvalue weighted by molar-refractivity contribution is 5.83. The van der Waals surface area contributed by atoms with Crippen molar-refractivity contribution in [2.75, 3.05) is 26.2 Å². The average molecular weight is 312 g/mol. The first kappa shape index (κ1) is 15.2. The standard InChI is InChI=1S/C20H28N2O/c1-19(7-6-16-4-2-3-5-17(16)14-19)18(23)22-12-9-20(10-13-22)8-11-21-15-20/h2-5,21H,6-15H2,1H3. The fraction of sp³-hybridized carbons (Fsp3) is 0.650. The van der Waals surface area contributed by atoms with Crippen LogP contribution >= 0.6 is 0 Å². The van der Waals surface area contributed by atoms with Crippen LogP contribution in [0.5, 0.6) is 0 Å². The lowest BCUT2D eigenvalue weighted by molar-refractivity contribution is -0.144. The van der Waals surface area contributed by atoms with Crippen molar-refractivity contribution in [3.63, 3.8) is 0 Å². The van der Waals surface area contributed by atoms with Crippen molar-refractivity contribution in [1.82, 2.24) is 10.2 Å². The van der Waals surface area contributed by atoms with Gasteiger partial charge in [-0.15, -0.1) is 0 Å². The quantitative estimate of drug-likeness (QED) is 0.865. The normalized spacial score (nSPS) is 29.5. The number of aryl methyl sites for hydroxylation is 1. The topological polar surface area (TPSA) is 32.3 Å². The number of amides is 1. The molecule has 2 saturated heterocycles. The van der Waals surface area contributed by atoms with Gasteiger partial charge in [-0.1, -0.05) is 31.2 Å². The average Bonchev–Trinajstić information content (AvgIpc) is 3.03. The van der Waals surface area contributed by atoms with Crippen molar-refractivity contribution >= 4 is 5.91 Å². The largest absolute Gasteiger partial charge is 0.342 e. The van der Waals surface area contributed by atoms with Crippen molar-refractivity contribution in [2.45, 2.75) is 45.4 Å². The molecule has 3 nitrogen and oxygen atoms in total. The van der Waals surface area contributed by atoms with Crippen LogP contribution in [0.3, 0.4) is 0 Å². The molecule has 1 aliphatic carbocycles. The van der Waals surface area contributed by atoms with Crippen molar-refractivity contribution in [3.8, 4) is 0 Å². The van der Waals surface area contributed by atoms with Crippen molar-refractivity contribution in [1.29, 1.82) is 0 Å². The van der Waals surface area contributed by atoms with Gasteiger partial charge in [0, 0.05) is 19.6 Å². The Hall–Kier alpha value is -1.35. The van der Waals surface area contributed by atoms with Crippen LogP contribution in [0.1, 0.15) is 43.7 Å². The van der Waals surface area contributed by atoms with E-state index in [2.05, 4.69) is 41.4 Å². The molecule has 2 aliphatic heterocycles. The highest BCUT2D eigenvalue weighted by atomic mass is 16.2. The van der Waals surface area contributed by atoms with Gasteiger partial charge in [-0.3, -0.25) is 4.79 Å². The number of fused-ring (bicyclic) bond motifs is 1. The van der Waals surface area contributed by atoms with Gasteiger partial charge < -0.3 is 10.2 Å². The molecule has 1 spiro atoms. The lowest BCUT2D eigenvalue weighted by Gasteiger charge is -2.43. The fourth-order valence-corrected chi connectivity index (χ4v) is 4.86. The summed E-state index contributed by atoms with van der Waals surface area (Å²) in [5, 5.41) is 3.51. The minimum Gasteiger partial charge on any atom is -0.342 e. The van der Waals surface area contributed by atoms with Gasteiger partial charge in [0.2, 0.25) is 5.91 Å². The number of likely N-dealkylation sites (tertiary alicyclic amines) is 1. The van der Waals surface area contributed by atoms with Crippen molar-refractivity contribution < 1.29 is 4.79 Å². The Morgan fingerprint density at radius 1 is 1.09 bits per heavy atom. The van der Waals surface area contributed by atoms with E-state index in [1.165, 1.54) is 30.4 Å². The molecule has 2 fully saturated rings. The zero-order chi connectivity index (χ0) is 15.9. The van der Waals surface area contributed by atoms with Gasteiger partial charge >= 0.3 is 0 Å². The Morgan fingerprint density at radius 3 is 2.52 bits per heavy atom. The van der Waals surface area contributed by atoms with E-state index in [0.29, 0.717) is 11.3 Å². The van der Waals surface area contributed by atoms with E-state index in [0.717, 1.165) is 45.4 Å². The first-order valence-electron chi connectivity index (χ1n) is 9.17. The van der Waals surface area contributed by atoms with Crippen LogP contribution in [0.2, 0.25) is 0 Å². The lowest BCUT2D eigenvalue weighted by atomic mass is 9.71. The molecule has 1 N–H and O–H groups in total. The van der Waals surface area contributed by atoms with Crippen molar-refractivity contribution in [3.05, 3.63) is 35.4 Å². The molecule has 2 heterocycles. The molecular formula is C20H28N2O. The van der Waals surface area contributed by atoms with Gasteiger partial charge in [0.25, 0.3) is 0 Å². The number of hydrogen-bond acceptors (Lipinski definition) is 2. The first-order chi connectivity index (χ1) is 11.1. The number of piperidine rings is 1. The maximum atomic E-state index is 13.2. The Kier molecular flexibility index (Phi) is 3.72. The zero-order valence-corrected chi connectivity index (χ0v) is 14.2. The summed E-state index contributed by atoms with van der Waals surface area (Å²) >= 11 is 0. The SMILES string of the molecule is CC1(C(=O)N2CCC3(CCNC3)CC2)CCc2ccccc2C1. The third-order valence-corrected chi connectivity index (χ3v) is 6.60. The molecule has 1 aromatic carbocycles. The number of nitrogens with zero attached hydrogens (tertiary/aromatic N) is 1. The summed E-state index contributed by atoms with van der Waals surface area (Å²) < 4.78 is 0. The third-order valence-electron chi connectivity index (χ3n) is 6.60. The van der Waals surface area contributed by atoms with Gasteiger partial charge in [0.15, 0.2) is 0 Å². The number of carbonyl (C=O) groups is 1. The molecule has 3 aliphatic rings. The van der Waals surface area contributed by atoms with Crippen LogP contribution in [0.4, 0.5) is 0 Å². The summed E-state index contributed by atoms with van der Waals surface area (Å²) in [7, 11) is 0. The number of hydrogen-bond donors (Lipinski definition) is 1. The molecule has 3 heteroatoms. The van der Waals surface area contributed by atoms with Gasteiger partial charge in [0.05, 0.1) is 5.41 Å².